The molecule has 0 spiro atoms. The first-order valence-electron chi connectivity index (χ1n) is 11.4. The van der Waals surface area contributed by atoms with Crippen molar-refractivity contribution in [3.8, 4) is 11.5 Å². The molecule has 0 unspecified atom stereocenters. The number of ether oxygens (including phenoxy) is 2. The van der Waals surface area contributed by atoms with Crippen LogP contribution in [-0.2, 0) is 9.84 Å². The maximum absolute atomic E-state index is 13.6. The zero-order chi connectivity index (χ0) is 24.6. The summed E-state index contributed by atoms with van der Waals surface area (Å²) in [7, 11) is -3.59. The lowest BCUT2D eigenvalue weighted by molar-refractivity contribution is 0.0729. The molecule has 0 bridgehead atoms. The molecule has 2 aliphatic heterocycles. The van der Waals surface area contributed by atoms with Gasteiger partial charge in [0.2, 0.25) is 6.79 Å². The zero-order valence-electron chi connectivity index (χ0n) is 19.1. The third kappa shape index (κ3) is 4.41. The van der Waals surface area contributed by atoms with E-state index in [0.717, 1.165) is 10.1 Å². The predicted molar refractivity (Wildman–Crippen MR) is 133 cm³/mol. The molecule has 0 aliphatic carbocycles. The first-order valence-corrected chi connectivity index (χ1v) is 13.7. The summed E-state index contributed by atoms with van der Waals surface area (Å²) in [6, 6.07) is 11.8. The van der Waals surface area contributed by atoms with Crippen LogP contribution < -0.4 is 20.1 Å². The fourth-order valence-corrected chi connectivity index (χ4v) is 7.26. The number of rotatable bonds is 5. The normalized spacial score (nSPS) is 15.9. The molecule has 1 fully saturated rings. The van der Waals surface area contributed by atoms with E-state index in [4.69, 9.17) is 9.47 Å². The van der Waals surface area contributed by atoms with E-state index in [9.17, 15) is 18.0 Å². The Bertz CT molecular complexity index is 1390. The van der Waals surface area contributed by atoms with Gasteiger partial charge in [-0.1, -0.05) is 18.2 Å². The second-order valence-electron chi connectivity index (χ2n) is 8.34. The molecule has 1 saturated heterocycles. The van der Waals surface area contributed by atoms with Gasteiger partial charge in [-0.3, -0.25) is 10.1 Å². The number of carbonyl (C=O) groups is 2. The Morgan fingerprint density at radius 2 is 1.83 bits per heavy atom. The average molecular weight is 516 g/mol. The van der Waals surface area contributed by atoms with E-state index in [1.165, 1.54) is 23.5 Å². The summed E-state index contributed by atoms with van der Waals surface area (Å²) in [6.07, 6.45) is 0.646. The van der Waals surface area contributed by atoms with Crippen LogP contribution in [0.4, 0.5) is 9.80 Å². The highest BCUT2D eigenvalue weighted by Gasteiger charge is 2.35. The summed E-state index contributed by atoms with van der Waals surface area (Å²) < 4.78 is 38.0. The number of likely N-dealkylation sites (tertiary alicyclic amines) is 1. The van der Waals surface area contributed by atoms with E-state index in [0.29, 0.717) is 54.5 Å². The number of benzene rings is 2. The fourth-order valence-electron chi connectivity index (χ4n) is 4.43. The summed E-state index contributed by atoms with van der Waals surface area (Å²) in [5.74, 6) is 0.743. The first kappa shape index (κ1) is 23.4. The van der Waals surface area contributed by atoms with Crippen LogP contribution in [0.2, 0.25) is 0 Å². The van der Waals surface area contributed by atoms with E-state index in [1.807, 2.05) is 31.2 Å². The fraction of sp³-hybridized carbons (Fsp3) is 0.333. The molecule has 5 rings (SSSR count). The number of nitrogens with zero attached hydrogens (tertiary/aromatic N) is 1. The highest BCUT2D eigenvalue weighted by Crippen LogP contribution is 2.38. The van der Waals surface area contributed by atoms with Gasteiger partial charge in [0.15, 0.2) is 21.3 Å². The zero-order valence-corrected chi connectivity index (χ0v) is 20.7. The minimum atomic E-state index is -3.59. The smallest absolute Gasteiger partial charge is 0.319 e. The molecule has 3 amide bonds. The van der Waals surface area contributed by atoms with E-state index in [2.05, 4.69) is 10.6 Å². The molecule has 11 heteroatoms. The maximum Gasteiger partial charge on any atom is 0.319 e. The molecule has 2 aliphatic rings. The molecule has 0 saturated carbocycles. The lowest BCUT2D eigenvalue weighted by Crippen LogP contribution is -2.42. The van der Waals surface area contributed by atoms with Crippen LogP contribution in [0.15, 0.2) is 47.4 Å². The van der Waals surface area contributed by atoms with Crippen molar-refractivity contribution in [2.75, 3.05) is 31.7 Å². The van der Waals surface area contributed by atoms with E-state index in [1.54, 1.807) is 11.0 Å². The molecule has 3 heterocycles. The van der Waals surface area contributed by atoms with Crippen molar-refractivity contribution >= 4 is 48.2 Å². The molecular formula is C24H25N3O6S2. The molecule has 9 nitrogen and oxygen atoms in total. The summed E-state index contributed by atoms with van der Waals surface area (Å²) >= 11 is 1.34. The molecule has 35 heavy (non-hydrogen) atoms. The number of hydrogen-bond donors (Lipinski definition) is 2. The number of anilines is 1. The standard InChI is InChI=1S/C24H25N3O6S2/c1-2-25-24(29)26-22-21(17-5-3-4-6-20(17)34-22)23(28)27-11-9-15(10-12-27)35(30,31)16-7-8-18-19(13-16)33-14-32-18/h3-8,13,15H,2,9-12,14H2,1H3,(H2,25,26,29). The Morgan fingerprint density at radius 1 is 1.09 bits per heavy atom. The summed E-state index contributed by atoms with van der Waals surface area (Å²) in [5, 5.41) is 6.14. The van der Waals surface area contributed by atoms with Gasteiger partial charge in [-0.05, 0) is 38.0 Å². The third-order valence-electron chi connectivity index (χ3n) is 6.21. The number of urea groups is 1. The first-order chi connectivity index (χ1) is 16.9. The molecule has 1 aromatic heterocycles. The molecular weight excluding hydrogens is 490 g/mol. The lowest BCUT2D eigenvalue weighted by atomic mass is 10.1. The topological polar surface area (TPSA) is 114 Å². The second-order valence-corrected chi connectivity index (χ2v) is 11.6. The van der Waals surface area contributed by atoms with Gasteiger partial charge < -0.3 is 19.7 Å². The van der Waals surface area contributed by atoms with Gasteiger partial charge in [-0.25, -0.2) is 13.2 Å². The number of carbonyl (C=O) groups excluding carboxylic acids is 2. The van der Waals surface area contributed by atoms with Crippen LogP contribution in [0.25, 0.3) is 10.1 Å². The Kier molecular flexibility index (Phi) is 6.28. The van der Waals surface area contributed by atoms with E-state index in [-0.39, 0.29) is 23.6 Å². The highest BCUT2D eigenvalue weighted by atomic mass is 32.2. The third-order valence-corrected chi connectivity index (χ3v) is 9.56. The monoisotopic (exact) mass is 515 g/mol. The van der Waals surface area contributed by atoms with Crippen LogP contribution in [0.5, 0.6) is 11.5 Å². The number of nitrogens with one attached hydrogen (secondary N) is 2. The van der Waals surface area contributed by atoms with Gasteiger partial charge in [-0.15, -0.1) is 11.3 Å². The van der Waals surface area contributed by atoms with Gasteiger partial charge >= 0.3 is 6.03 Å². The molecule has 2 N–H and O–H groups in total. The minimum absolute atomic E-state index is 0.0769. The van der Waals surface area contributed by atoms with Crippen molar-refractivity contribution in [3.63, 3.8) is 0 Å². The van der Waals surface area contributed by atoms with Crippen molar-refractivity contribution < 1.29 is 27.5 Å². The summed E-state index contributed by atoms with van der Waals surface area (Å²) in [4.78, 5) is 27.6. The van der Waals surface area contributed by atoms with Crippen LogP contribution in [-0.4, -0.2) is 56.9 Å². The molecule has 3 aromatic rings. The maximum atomic E-state index is 13.6. The van der Waals surface area contributed by atoms with Crippen molar-refractivity contribution in [1.29, 1.82) is 0 Å². The Hall–Kier alpha value is -3.31. The SMILES string of the molecule is CCNC(=O)Nc1sc2ccccc2c1C(=O)N1CCC(S(=O)(=O)c2ccc3c(c2)OCO3)CC1. The van der Waals surface area contributed by atoms with E-state index < -0.39 is 15.1 Å². The number of sulfone groups is 1. The molecule has 184 valence electrons. The largest absolute Gasteiger partial charge is 0.454 e. The van der Waals surface area contributed by atoms with Gasteiger partial charge in [-0.2, -0.15) is 0 Å². The van der Waals surface area contributed by atoms with Gasteiger partial charge in [0.1, 0.15) is 5.00 Å². The Balaban J connectivity index is 1.34. The van der Waals surface area contributed by atoms with Crippen molar-refractivity contribution in [1.82, 2.24) is 10.2 Å². The van der Waals surface area contributed by atoms with Crippen LogP contribution in [0.1, 0.15) is 30.1 Å². The van der Waals surface area contributed by atoms with Gasteiger partial charge in [0.05, 0.1) is 15.7 Å². The van der Waals surface area contributed by atoms with Crippen LogP contribution in [0, 0.1) is 0 Å². The van der Waals surface area contributed by atoms with Gasteiger partial charge in [0.25, 0.3) is 5.91 Å². The molecule has 2 aromatic carbocycles. The second kappa shape index (κ2) is 9.38. The van der Waals surface area contributed by atoms with Crippen molar-refractivity contribution in [3.05, 3.63) is 48.0 Å². The highest BCUT2D eigenvalue weighted by molar-refractivity contribution is 7.92. The molecule has 0 atom stereocenters. The minimum Gasteiger partial charge on any atom is -0.454 e. The molecule has 0 radical (unpaired) electrons. The average Bonchev–Trinajstić information content (AvgIpc) is 3.47. The number of thiophene rings is 1. The number of fused-ring (bicyclic) bond motifs is 2. The van der Waals surface area contributed by atoms with Crippen LogP contribution >= 0.6 is 11.3 Å². The Morgan fingerprint density at radius 3 is 2.60 bits per heavy atom. The lowest BCUT2D eigenvalue weighted by Gasteiger charge is -2.32. The number of amides is 3. The van der Waals surface area contributed by atoms with Crippen molar-refractivity contribution in [2.24, 2.45) is 0 Å². The van der Waals surface area contributed by atoms with Gasteiger partial charge in [0, 0.05) is 35.8 Å². The quantitative estimate of drug-likeness (QED) is 0.534. The summed E-state index contributed by atoms with van der Waals surface area (Å²) in [6.45, 7) is 2.97. The van der Waals surface area contributed by atoms with Crippen molar-refractivity contribution in [2.45, 2.75) is 29.9 Å². The number of hydrogen-bond acceptors (Lipinski definition) is 7. The summed E-state index contributed by atoms with van der Waals surface area (Å²) in [5.41, 5.74) is 0.439. The van der Waals surface area contributed by atoms with E-state index >= 15 is 0 Å². The Labute approximate surface area is 206 Å². The predicted octanol–water partition coefficient (Wildman–Crippen LogP) is 3.85. The van der Waals surface area contributed by atoms with Crippen LogP contribution in [0.3, 0.4) is 0 Å². The number of piperidine rings is 1.